The van der Waals surface area contributed by atoms with E-state index in [1.807, 2.05) is 7.05 Å². The van der Waals surface area contributed by atoms with Crippen molar-refractivity contribution in [3.05, 3.63) is 33.5 Å². The predicted octanol–water partition coefficient (Wildman–Crippen LogP) is 2.83. The van der Waals surface area contributed by atoms with Gasteiger partial charge in [-0.1, -0.05) is 27.3 Å². The highest BCUT2D eigenvalue weighted by molar-refractivity contribution is 9.10. The Labute approximate surface area is 105 Å². The average molecular weight is 302 g/mol. The third-order valence-corrected chi connectivity index (χ3v) is 3.40. The monoisotopic (exact) mass is 301 g/mol. The first-order valence-electron chi connectivity index (χ1n) is 4.63. The van der Waals surface area contributed by atoms with E-state index < -0.39 is 0 Å². The maximum absolute atomic E-state index is 13.6. The maximum Gasteiger partial charge on any atom is 0.150 e. The van der Waals surface area contributed by atoms with Gasteiger partial charge in [0, 0.05) is 16.6 Å². The molecule has 0 bridgehead atoms. The Kier molecular flexibility index (Phi) is 3.63. The van der Waals surface area contributed by atoms with Gasteiger partial charge in [-0.2, -0.15) is 0 Å². The van der Waals surface area contributed by atoms with E-state index in [1.165, 1.54) is 17.4 Å². The Morgan fingerprint density at radius 3 is 3.00 bits per heavy atom. The van der Waals surface area contributed by atoms with E-state index in [2.05, 4.69) is 31.4 Å². The van der Waals surface area contributed by atoms with Crippen molar-refractivity contribution in [2.24, 2.45) is 0 Å². The minimum Gasteiger partial charge on any atom is -0.313 e. The van der Waals surface area contributed by atoms with Gasteiger partial charge in [-0.3, -0.25) is 0 Å². The lowest BCUT2D eigenvalue weighted by molar-refractivity contribution is 0.630. The molecule has 0 saturated carbocycles. The molecule has 0 aliphatic rings. The largest absolute Gasteiger partial charge is 0.313 e. The van der Waals surface area contributed by atoms with Crippen LogP contribution in [-0.2, 0) is 6.54 Å². The molecule has 0 fully saturated rings. The van der Waals surface area contributed by atoms with E-state index in [0.717, 1.165) is 9.48 Å². The molecule has 0 atom stereocenters. The van der Waals surface area contributed by atoms with Gasteiger partial charge in [0.05, 0.1) is 0 Å². The van der Waals surface area contributed by atoms with Crippen molar-refractivity contribution in [2.45, 2.75) is 6.54 Å². The topological polar surface area (TPSA) is 37.8 Å². The summed E-state index contributed by atoms with van der Waals surface area (Å²) in [7, 11) is 1.83. The van der Waals surface area contributed by atoms with Crippen LogP contribution in [0.4, 0.5) is 4.39 Å². The summed E-state index contributed by atoms with van der Waals surface area (Å²) in [4.78, 5) is 0. The van der Waals surface area contributed by atoms with Gasteiger partial charge in [0.25, 0.3) is 0 Å². The number of hydrogen-bond acceptors (Lipinski definition) is 4. The highest BCUT2D eigenvalue weighted by atomic mass is 79.9. The van der Waals surface area contributed by atoms with Gasteiger partial charge in [-0.25, -0.2) is 4.39 Å². The second-order valence-corrected chi connectivity index (χ2v) is 5.13. The van der Waals surface area contributed by atoms with Crippen LogP contribution >= 0.6 is 27.3 Å². The van der Waals surface area contributed by atoms with Gasteiger partial charge in [0.1, 0.15) is 10.8 Å². The third-order valence-electron chi connectivity index (χ3n) is 1.95. The third kappa shape index (κ3) is 2.45. The number of rotatable bonds is 3. The molecule has 1 aromatic carbocycles. The van der Waals surface area contributed by atoms with Crippen molar-refractivity contribution in [1.82, 2.24) is 15.5 Å². The summed E-state index contributed by atoms with van der Waals surface area (Å²) >= 11 is 4.70. The van der Waals surface area contributed by atoms with Gasteiger partial charge < -0.3 is 5.32 Å². The first-order chi connectivity index (χ1) is 7.70. The quantitative estimate of drug-likeness (QED) is 0.947. The molecule has 3 nitrogen and oxygen atoms in total. The molecular weight excluding hydrogens is 293 g/mol. The minimum atomic E-state index is -0.282. The van der Waals surface area contributed by atoms with E-state index in [1.54, 1.807) is 12.1 Å². The van der Waals surface area contributed by atoms with Crippen LogP contribution in [0.3, 0.4) is 0 Å². The maximum atomic E-state index is 13.6. The van der Waals surface area contributed by atoms with Crippen molar-refractivity contribution in [3.63, 3.8) is 0 Å². The lowest BCUT2D eigenvalue weighted by atomic mass is 10.2. The fourth-order valence-electron chi connectivity index (χ4n) is 1.25. The molecule has 84 valence electrons. The summed E-state index contributed by atoms with van der Waals surface area (Å²) in [6.07, 6.45) is 0. The van der Waals surface area contributed by atoms with Gasteiger partial charge in [0.2, 0.25) is 0 Å². The molecule has 0 unspecified atom stereocenters. The van der Waals surface area contributed by atoms with Crippen LogP contribution in [0.1, 0.15) is 5.01 Å². The molecule has 0 radical (unpaired) electrons. The molecule has 0 aliphatic heterocycles. The summed E-state index contributed by atoms with van der Waals surface area (Å²) in [5.74, 6) is -0.282. The first kappa shape index (κ1) is 11.6. The van der Waals surface area contributed by atoms with E-state index in [-0.39, 0.29) is 5.82 Å². The second kappa shape index (κ2) is 4.99. The van der Waals surface area contributed by atoms with Crippen LogP contribution in [0.2, 0.25) is 0 Å². The van der Waals surface area contributed by atoms with Gasteiger partial charge in [-0.15, -0.1) is 10.2 Å². The minimum absolute atomic E-state index is 0.282. The lowest BCUT2D eigenvalue weighted by Crippen LogP contribution is -2.04. The van der Waals surface area contributed by atoms with E-state index in [4.69, 9.17) is 0 Å². The smallest absolute Gasteiger partial charge is 0.150 e. The van der Waals surface area contributed by atoms with Gasteiger partial charge >= 0.3 is 0 Å². The molecular formula is C10H9BrFN3S. The normalized spacial score (nSPS) is 10.7. The fraction of sp³-hybridized carbons (Fsp3) is 0.200. The van der Waals surface area contributed by atoms with Crippen molar-refractivity contribution in [1.29, 1.82) is 0 Å². The van der Waals surface area contributed by atoms with Crippen molar-refractivity contribution in [2.75, 3.05) is 7.05 Å². The van der Waals surface area contributed by atoms with E-state index in [0.29, 0.717) is 17.1 Å². The molecule has 1 heterocycles. The SMILES string of the molecule is CNCc1nnc(-c2cc(Br)ccc2F)s1. The molecule has 0 aliphatic carbocycles. The van der Waals surface area contributed by atoms with Gasteiger partial charge in [-0.05, 0) is 25.2 Å². The zero-order valence-electron chi connectivity index (χ0n) is 8.50. The van der Waals surface area contributed by atoms with Gasteiger partial charge in [0.15, 0.2) is 5.01 Å². The first-order valence-corrected chi connectivity index (χ1v) is 6.24. The van der Waals surface area contributed by atoms with Crippen molar-refractivity contribution >= 4 is 27.3 Å². The number of nitrogens with one attached hydrogen (secondary N) is 1. The second-order valence-electron chi connectivity index (χ2n) is 3.16. The zero-order chi connectivity index (χ0) is 11.5. The Bertz CT molecular complexity index is 501. The summed E-state index contributed by atoms with van der Waals surface area (Å²) in [5, 5.41) is 12.4. The summed E-state index contributed by atoms with van der Waals surface area (Å²) < 4.78 is 14.4. The number of halogens is 2. The summed E-state index contributed by atoms with van der Waals surface area (Å²) in [5.41, 5.74) is 0.481. The highest BCUT2D eigenvalue weighted by Crippen LogP contribution is 2.28. The molecule has 0 saturated heterocycles. The Morgan fingerprint density at radius 2 is 2.25 bits per heavy atom. The number of nitrogens with zero attached hydrogens (tertiary/aromatic N) is 2. The van der Waals surface area contributed by atoms with Crippen molar-refractivity contribution in [3.8, 4) is 10.6 Å². The number of hydrogen-bond donors (Lipinski definition) is 1. The van der Waals surface area contributed by atoms with Crippen LogP contribution in [0.15, 0.2) is 22.7 Å². The van der Waals surface area contributed by atoms with Crippen LogP contribution in [0.5, 0.6) is 0 Å². The molecule has 0 amide bonds. The fourth-order valence-corrected chi connectivity index (χ4v) is 2.48. The molecule has 6 heteroatoms. The molecule has 1 aromatic heterocycles. The zero-order valence-corrected chi connectivity index (χ0v) is 10.9. The van der Waals surface area contributed by atoms with Crippen LogP contribution in [0, 0.1) is 5.82 Å². The lowest BCUT2D eigenvalue weighted by Gasteiger charge is -1.98. The Morgan fingerprint density at radius 1 is 1.44 bits per heavy atom. The Hall–Kier alpha value is -0.850. The molecule has 0 spiro atoms. The summed E-state index contributed by atoms with van der Waals surface area (Å²) in [6.45, 7) is 0.646. The summed E-state index contributed by atoms with van der Waals surface area (Å²) in [6, 6.07) is 4.78. The average Bonchev–Trinajstić information content (AvgIpc) is 2.71. The molecule has 1 N–H and O–H groups in total. The standard InChI is InChI=1S/C10H9BrFN3S/c1-13-5-9-14-15-10(16-9)7-4-6(11)2-3-8(7)12/h2-4,13H,5H2,1H3. The van der Waals surface area contributed by atoms with Crippen LogP contribution < -0.4 is 5.32 Å². The van der Waals surface area contributed by atoms with Crippen molar-refractivity contribution < 1.29 is 4.39 Å². The molecule has 16 heavy (non-hydrogen) atoms. The predicted molar refractivity (Wildman–Crippen MR) is 65.8 cm³/mol. The van der Waals surface area contributed by atoms with E-state index >= 15 is 0 Å². The number of aromatic nitrogens is 2. The van der Waals surface area contributed by atoms with Crippen LogP contribution in [0.25, 0.3) is 10.6 Å². The highest BCUT2D eigenvalue weighted by Gasteiger charge is 2.11. The molecule has 2 rings (SSSR count). The van der Waals surface area contributed by atoms with E-state index in [9.17, 15) is 4.39 Å². The molecule has 2 aromatic rings. The number of benzene rings is 1. The Balaban J connectivity index is 2.38. The van der Waals surface area contributed by atoms with Crippen LogP contribution in [-0.4, -0.2) is 17.2 Å².